The third-order valence-electron chi connectivity index (χ3n) is 4.63. The standard InChI is InChI=1S/C18H23N5O2/c1-13-5-3-4-6-15(13)19-18(25)14(2)22-9-11-23(12-10-22)16-7-8-17(24)21-20-16/h3-8,14H,9-12H2,1-2H3,(H,19,25)(H,21,24)/t14-/m1/s1. The number of para-hydroxylation sites is 1. The fraction of sp³-hybridized carbons (Fsp3) is 0.389. The Bertz CT molecular complexity index is 776. The number of aromatic nitrogens is 2. The number of piperazine rings is 1. The Hall–Kier alpha value is -2.67. The number of aromatic amines is 1. The minimum Gasteiger partial charge on any atom is -0.353 e. The maximum Gasteiger partial charge on any atom is 0.264 e. The van der Waals surface area contributed by atoms with Gasteiger partial charge in [-0.3, -0.25) is 14.5 Å². The average Bonchev–Trinajstić information content (AvgIpc) is 2.64. The summed E-state index contributed by atoms with van der Waals surface area (Å²) in [5.41, 5.74) is 1.70. The molecule has 0 spiro atoms. The largest absolute Gasteiger partial charge is 0.353 e. The van der Waals surface area contributed by atoms with Crippen molar-refractivity contribution >= 4 is 17.4 Å². The summed E-state index contributed by atoms with van der Waals surface area (Å²) in [5, 5.41) is 9.53. The van der Waals surface area contributed by atoms with E-state index in [0.29, 0.717) is 0 Å². The van der Waals surface area contributed by atoms with Crippen molar-refractivity contribution in [3.8, 4) is 0 Å². The fourth-order valence-electron chi connectivity index (χ4n) is 2.97. The second kappa shape index (κ2) is 7.48. The topological polar surface area (TPSA) is 81.3 Å². The van der Waals surface area contributed by atoms with Crippen molar-refractivity contribution in [3.05, 3.63) is 52.3 Å². The second-order valence-electron chi connectivity index (χ2n) is 6.28. The minimum atomic E-state index is -0.205. The summed E-state index contributed by atoms with van der Waals surface area (Å²) >= 11 is 0. The van der Waals surface area contributed by atoms with Crippen LogP contribution in [0.3, 0.4) is 0 Å². The highest BCUT2D eigenvalue weighted by molar-refractivity contribution is 5.95. The first kappa shape index (κ1) is 17.2. The van der Waals surface area contributed by atoms with Gasteiger partial charge in [-0.1, -0.05) is 18.2 Å². The molecule has 132 valence electrons. The first-order chi connectivity index (χ1) is 12.0. The van der Waals surface area contributed by atoms with Crippen LogP contribution in [-0.2, 0) is 4.79 Å². The van der Waals surface area contributed by atoms with E-state index in [1.807, 2.05) is 38.1 Å². The molecule has 1 amide bonds. The Labute approximate surface area is 146 Å². The first-order valence-corrected chi connectivity index (χ1v) is 8.46. The molecule has 7 nitrogen and oxygen atoms in total. The number of nitrogens with one attached hydrogen (secondary N) is 2. The summed E-state index contributed by atoms with van der Waals surface area (Å²) in [5.74, 6) is 0.765. The Morgan fingerprint density at radius 1 is 1.16 bits per heavy atom. The number of amides is 1. The van der Waals surface area contributed by atoms with Gasteiger partial charge in [0.2, 0.25) is 5.91 Å². The molecule has 25 heavy (non-hydrogen) atoms. The lowest BCUT2D eigenvalue weighted by Gasteiger charge is -2.37. The van der Waals surface area contributed by atoms with Crippen LogP contribution in [0.25, 0.3) is 0 Å². The molecule has 1 aliphatic rings. The highest BCUT2D eigenvalue weighted by Crippen LogP contribution is 2.16. The van der Waals surface area contributed by atoms with E-state index >= 15 is 0 Å². The van der Waals surface area contributed by atoms with Gasteiger partial charge >= 0.3 is 0 Å². The van der Waals surface area contributed by atoms with Gasteiger partial charge in [-0.25, -0.2) is 5.10 Å². The van der Waals surface area contributed by atoms with Gasteiger partial charge in [-0.2, -0.15) is 5.10 Å². The molecule has 2 heterocycles. The van der Waals surface area contributed by atoms with E-state index in [1.165, 1.54) is 6.07 Å². The van der Waals surface area contributed by atoms with Gasteiger partial charge in [0.1, 0.15) is 5.82 Å². The van der Waals surface area contributed by atoms with Gasteiger partial charge in [0, 0.05) is 37.9 Å². The zero-order valence-electron chi connectivity index (χ0n) is 14.5. The molecule has 3 rings (SSSR count). The maximum atomic E-state index is 12.5. The third kappa shape index (κ3) is 4.06. The van der Waals surface area contributed by atoms with Gasteiger partial charge in [-0.05, 0) is 31.5 Å². The van der Waals surface area contributed by atoms with Gasteiger partial charge in [-0.15, -0.1) is 0 Å². The predicted octanol–water partition coefficient (Wildman–Crippen LogP) is 1.23. The van der Waals surface area contributed by atoms with Crippen molar-refractivity contribution in [1.29, 1.82) is 0 Å². The molecule has 7 heteroatoms. The molecule has 0 saturated carbocycles. The van der Waals surface area contributed by atoms with Crippen molar-refractivity contribution < 1.29 is 4.79 Å². The van der Waals surface area contributed by atoms with Gasteiger partial charge in [0.25, 0.3) is 5.56 Å². The second-order valence-corrected chi connectivity index (χ2v) is 6.28. The van der Waals surface area contributed by atoms with Crippen molar-refractivity contribution in [1.82, 2.24) is 15.1 Å². The lowest BCUT2D eigenvalue weighted by atomic mass is 10.1. The Kier molecular flexibility index (Phi) is 5.14. The molecule has 1 fully saturated rings. The van der Waals surface area contributed by atoms with Gasteiger partial charge < -0.3 is 10.2 Å². The molecule has 1 atom stereocenters. The SMILES string of the molecule is Cc1ccccc1NC(=O)[C@@H](C)N1CCN(c2ccc(=O)[nH]n2)CC1. The van der Waals surface area contributed by atoms with E-state index in [0.717, 1.165) is 43.2 Å². The number of rotatable bonds is 4. The van der Waals surface area contributed by atoms with Crippen LogP contribution in [-0.4, -0.2) is 53.2 Å². The fourth-order valence-corrected chi connectivity index (χ4v) is 2.97. The van der Waals surface area contributed by atoms with E-state index in [2.05, 4.69) is 25.3 Å². The Morgan fingerprint density at radius 3 is 2.52 bits per heavy atom. The zero-order valence-corrected chi connectivity index (χ0v) is 14.5. The number of aryl methyl sites for hydroxylation is 1. The number of carbonyl (C=O) groups excluding carboxylic acids is 1. The molecule has 1 aromatic carbocycles. The quantitative estimate of drug-likeness (QED) is 0.874. The number of carbonyl (C=O) groups is 1. The number of hydrogen-bond donors (Lipinski definition) is 2. The highest BCUT2D eigenvalue weighted by Gasteiger charge is 2.26. The van der Waals surface area contributed by atoms with Crippen LogP contribution in [0, 0.1) is 6.92 Å². The van der Waals surface area contributed by atoms with Crippen molar-refractivity contribution in [2.24, 2.45) is 0 Å². The summed E-state index contributed by atoms with van der Waals surface area (Å²) in [6, 6.07) is 10.8. The van der Waals surface area contributed by atoms with E-state index in [-0.39, 0.29) is 17.5 Å². The molecule has 0 unspecified atom stereocenters. The van der Waals surface area contributed by atoms with E-state index < -0.39 is 0 Å². The number of nitrogens with zero attached hydrogens (tertiary/aromatic N) is 3. The molecule has 0 radical (unpaired) electrons. The molecule has 2 aromatic rings. The third-order valence-corrected chi connectivity index (χ3v) is 4.63. The predicted molar refractivity (Wildman–Crippen MR) is 97.9 cm³/mol. The maximum absolute atomic E-state index is 12.5. The van der Waals surface area contributed by atoms with Crippen LogP contribution in [0.5, 0.6) is 0 Å². The minimum absolute atomic E-state index is 0.00455. The smallest absolute Gasteiger partial charge is 0.264 e. The molecule has 2 N–H and O–H groups in total. The van der Waals surface area contributed by atoms with Crippen LogP contribution in [0.15, 0.2) is 41.2 Å². The lowest BCUT2D eigenvalue weighted by molar-refractivity contribution is -0.120. The summed E-state index contributed by atoms with van der Waals surface area (Å²) in [4.78, 5) is 27.9. The van der Waals surface area contributed by atoms with Gasteiger partial charge in [0.05, 0.1) is 6.04 Å². The van der Waals surface area contributed by atoms with Crippen molar-refractivity contribution in [2.75, 3.05) is 36.4 Å². The molecule has 1 aliphatic heterocycles. The number of H-pyrrole nitrogens is 1. The Morgan fingerprint density at radius 2 is 1.88 bits per heavy atom. The zero-order chi connectivity index (χ0) is 17.8. The molecular formula is C18H23N5O2. The summed E-state index contributed by atoms with van der Waals surface area (Å²) in [6.07, 6.45) is 0. The Balaban J connectivity index is 1.56. The summed E-state index contributed by atoms with van der Waals surface area (Å²) < 4.78 is 0. The van der Waals surface area contributed by atoms with Crippen LogP contribution in [0.1, 0.15) is 12.5 Å². The molecule has 1 saturated heterocycles. The lowest BCUT2D eigenvalue weighted by Crippen LogP contribution is -2.53. The van der Waals surface area contributed by atoms with E-state index in [1.54, 1.807) is 6.07 Å². The van der Waals surface area contributed by atoms with Crippen molar-refractivity contribution in [3.63, 3.8) is 0 Å². The summed E-state index contributed by atoms with van der Waals surface area (Å²) in [6.45, 7) is 6.98. The summed E-state index contributed by atoms with van der Waals surface area (Å²) in [7, 11) is 0. The van der Waals surface area contributed by atoms with Crippen LogP contribution in [0.4, 0.5) is 11.5 Å². The van der Waals surface area contributed by atoms with Crippen molar-refractivity contribution in [2.45, 2.75) is 19.9 Å². The molecular weight excluding hydrogens is 318 g/mol. The molecule has 0 bridgehead atoms. The van der Waals surface area contributed by atoms with Crippen LogP contribution in [0.2, 0.25) is 0 Å². The van der Waals surface area contributed by atoms with E-state index in [4.69, 9.17) is 0 Å². The highest BCUT2D eigenvalue weighted by atomic mass is 16.2. The number of benzene rings is 1. The normalized spacial score (nSPS) is 16.5. The molecule has 0 aliphatic carbocycles. The van der Waals surface area contributed by atoms with E-state index in [9.17, 15) is 9.59 Å². The first-order valence-electron chi connectivity index (χ1n) is 8.46. The number of hydrogen-bond acceptors (Lipinski definition) is 5. The number of anilines is 2. The van der Waals surface area contributed by atoms with Crippen LogP contribution >= 0.6 is 0 Å². The average molecular weight is 341 g/mol. The monoisotopic (exact) mass is 341 g/mol. The molecule has 1 aromatic heterocycles. The van der Waals surface area contributed by atoms with Crippen LogP contribution < -0.4 is 15.8 Å². The van der Waals surface area contributed by atoms with Gasteiger partial charge in [0.15, 0.2) is 0 Å².